The summed E-state index contributed by atoms with van der Waals surface area (Å²) in [4.78, 5) is 17.2. The first-order valence-corrected chi connectivity index (χ1v) is 11.1. The van der Waals surface area contributed by atoms with Gasteiger partial charge in [-0.2, -0.15) is 4.31 Å². The molecule has 2 saturated heterocycles. The van der Waals surface area contributed by atoms with Gasteiger partial charge in [0.15, 0.2) is 0 Å². The molecule has 148 valence electrons. The summed E-state index contributed by atoms with van der Waals surface area (Å²) in [5, 5.41) is 0. The number of likely N-dealkylation sites (tertiary alicyclic amines) is 1. The van der Waals surface area contributed by atoms with E-state index >= 15 is 0 Å². The smallest absolute Gasteiger partial charge is 0.245 e. The molecule has 7 heteroatoms. The molecule has 1 atom stereocenters. The van der Waals surface area contributed by atoms with Crippen LogP contribution in [-0.2, 0) is 14.8 Å². The average molecular weight is 400 g/mol. The highest BCUT2D eigenvalue weighted by Crippen LogP contribution is 2.35. The molecule has 2 heterocycles. The zero-order chi connectivity index (χ0) is 19.6. The van der Waals surface area contributed by atoms with Gasteiger partial charge in [-0.3, -0.25) is 9.69 Å². The predicted octanol–water partition coefficient (Wildman–Crippen LogP) is 2.31. The van der Waals surface area contributed by atoms with Crippen LogP contribution in [0.1, 0.15) is 24.6 Å². The van der Waals surface area contributed by atoms with Crippen molar-refractivity contribution in [1.29, 1.82) is 0 Å². The van der Waals surface area contributed by atoms with Crippen LogP contribution in [0.25, 0.3) is 0 Å². The van der Waals surface area contributed by atoms with E-state index < -0.39 is 16.2 Å². The summed E-state index contributed by atoms with van der Waals surface area (Å²) in [5.41, 5.74) is 0.814. The Morgan fingerprint density at radius 1 is 0.857 bits per heavy atom. The second-order valence-electron chi connectivity index (χ2n) is 7.28. The molecule has 2 aromatic carbocycles. The van der Waals surface area contributed by atoms with E-state index in [4.69, 9.17) is 0 Å². The zero-order valence-corrected chi connectivity index (χ0v) is 16.6. The van der Waals surface area contributed by atoms with E-state index in [0.29, 0.717) is 19.6 Å². The van der Waals surface area contributed by atoms with E-state index in [0.717, 1.165) is 31.5 Å². The van der Waals surface area contributed by atoms with Gasteiger partial charge in [0.05, 0.1) is 11.4 Å². The maximum Gasteiger partial charge on any atom is 0.245 e. The van der Waals surface area contributed by atoms with E-state index in [1.807, 2.05) is 30.3 Å². The Bertz CT molecular complexity index is 912. The monoisotopic (exact) mass is 399 g/mol. The van der Waals surface area contributed by atoms with Crippen LogP contribution in [0.3, 0.4) is 0 Å². The lowest BCUT2D eigenvalue weighted by Gasteiger charge is -2.31. The molecular formula is C21H25N3O3S. The molecule has 1 amide bonds. The van der Waals surface area contributed by atoms with Crippen molar-refractivity contribution in [3.63, 3.8) is 0 Å². The van der Waals surface area contributed by atoms with Gasteiger partial charge in [0.25, 0.3) is 0 Å². The molecule has 4 rings (SSSR count). The number of hydrogen-bond donors (Lipinski definition) is 0. The highest BCUT2D eigenvalue weighted by atomic mass is 32.2. The molecule has 2 aliphatic heterocycles. The third-order valence-electron chi connectivity index (χ3n) is 5.45. The Kier molecular flexibility index (Phi) is 5.48. The van der Waals surface area contributed by atoms with Crippen LogP contribution in [0.2, 0.25) is 0 Å². The Labute approximate surface area is 166 Å². The first-order chi connectivity index (χ1) is 13.6. The number of benzene rings is 2. The maximum atomic E-state index is 13.3. The standard InChI is InChI=1S/C21H25N3O3S/c25-20(17-22-13-7-8-14-22)23-15-16-24(21(23)18-9-3-1-4-10-18)28(26,27)19-11-5-2-6-12-19/h1-6,9-12,21H,7-8,13-17H2/t21-/m0/s1. The molecule has 2 aromatic rings. The number of hydrogen-bond acceptors (Lipinski definition) is 4. The topological polar surface area (TPSA) is 60.9 Å². The van der Waals surface area contributed by atoms with Gasteiger partial charge in [0.1, 0.15) is 6.17 Å². The number of amides is 1. The SMILES string of the molecule is O=C(CN1CCCC1)N1CCN(S(=O)(=O)c2ccccc2)[C@H]1c1ccccc1. The number of nitrogens with zero attached hydrogens (tertiary/aromatic N) is 3. The van der Waals surface area contributed by atoms with Gasteiger partial charge in [-0.05, 0) is 43.6 Å². The predicted molar refractivity (Wildman–Crippen MR) is 107 cm³/mol. The molecule has 0 radical (unpaired) electrons. The van der Waals surface area contributed by atoms with E-state index in [-0.39, 0.29) is 10.8 Å². The number of carbonyl (C=O) groups excluding carboxylic acids is 1. The molecule has 0 bridgehead atoms. The number of carbonyl (C=O) groups is 1. The summed E-state index contributed by atoms with van der Waals surface area (Å²) in [6.07, 6.45) is 1.62. The van der Waals surface area contributed by atoms with Crippen molar-refractivity contribution >= 4 is 15.9 Å². The lowest BCUT2D eigenvalue weighted by Crippen LogP contribution is -2.42. The fraction of sp³-hybridized carbons (Fsp3) is 0.381. The fourth-order valence-electron chi connectivity index (χ4n) is 4.04. The molecule has 0 N–H and O–H groups in total. The van der Waals surface area contributed by atoms with E-state index in [1.54, 1.807) is 35.2 Å². The second kappa shape index (κ2) is 8.03. The number of sulfonamides is 1. The van der Waals surface area contributed by atoms with Gasteiger partial charge in [0.2, 0.25) is 15.9 Å². The van der Waals surface area contributed by atoms with E-state index in [1.165, 1.54) is 4.31 Å². The van der Waals surface area contributed by atoms with Crippen LogP contribution in [0.15, 0.2) is 65.6 Å². The van der Waals surface area contributed by atoms with E-state index in [2.05, 4.69) is 4.90 Å². The molecule has 0 aromatic heterocycles. The summed E-state index contributed by atoms with van der Waals surface area (Å²) in [6, 6.07) is 17.9. The highest BCUT2D eigenvalue weighted by Gasteiger charge is 2.43. The van der Waals surface area contributed by atoms with Gasteiger partial charge in [0, 0.05) is 13.1 Å². The third-order valence-corrected chi connectivity index (χ3v) is 7.32. The lowest BCUT2D eigenvalue weighted by atomic mass is 10.1. The molecule has 0 spiro atoms. The summed E-state index contributed by atoms with van der Waals surface area (Å²) >= 11 is 0. The van der Waals surface area contributed by atoms with Crippen molar-refractivity contribution in [1.82, 2.24) is 14.1 Å². The molecule has 0 saturated carbocycles. The largest absolute Gasteiger partial charge is 0.319 e. The van der Waals surface area contributed by atoms with Crippen LogP contribution in [0.5, 0.6) is 0 Å². The zero-order valence-electron chi connectivity index (χ0n) is 15.8. The minimum atomic E-state index is -3.70. The van der Waals surface area contributed by atoms with Crippen LogP contribution in [0.4, 0.5) is 0 Å². The Hall–Kier alpha value is -2.22. The Morgan fingerprint density at radius 2 is 1.46 bits per heavy atom. The van der Waals surface area contributed by atoms with Crippen molar-refractivity contribution in [2.24, 2.45) is 0 Å². The number of rotatable bonds is 5. The second-order valence-corrected chi connectivity index (χ2v) is 9.17. The normalized spacial score (nSPS) is 21.3. The van der Waals surface area contributed by atoms with Gasteiger partial charge in [-0.25, -0.2) is 8.42 Å². The van der Waals surface area contributed by atoms with Crippen molar-refractivity contribution in [2.75, 3.05) is 32.7 Å². The van der Waals surface area contributed by atoms with Crippen molar-refractivity contribution in [3.8, 4) is 0 Å². The van der Waals surface area contributed by atoms with Crippen molar-refractivity contribution in [3.05, 3.63) is 66.2 Å². The minimum Gasteiger partial charge on any atom is -0.319 e. The summed E-state index contributed by atoms with van der Waals surface area (Å²) in [7, 11) is -3.70. The van der Waals surface area contributed by atoms with Gasteiger partial charge in [-0.1, -0.05) is 48.5 Å². The van der Waals surface area contributed by atoms with Gasteiger partial charge >= 0.3 is 0 Å². The maximum absolute atomic E-state index is 13.3. The van der Waals surface area contributed by atoms with Gasteiger partial charge in [-0.15, -0.1) is 0 Å². The van der Waals surface area contributed by atoms with Gasteiger partial charge < -0.3 is 4.90 Å². The summed E-state index contributed by atoms with van der Waals surface area (Å²) < 4.78 is 28.1. The fourth-order valence-corrected chi connectivity index (χ4v) is 5.63. The Morgan fingerprint density at radius 3 is 2.11 bits per heavy atom. The quantitative estimate of drug-likeness (QED) is 0.774. The van der Waals surface area contributed by atoms with Crippen LogP contribution < -0.4 is 0 Å². The lowest BCUT2D eigenvalue weighted by molar-refractivity contribution is -0.134. The molecule has 6 nitrogen and oxygen atoms in total. The van der Waals surface area contributed by atoms with E-state index in [9.17, 15) is 13.2 Å². The molecular weight excluding hydrogens is 374 g/mol. The highest BCUT2D eigenvalue weighted by molar-refractivity contribution is 7.89. The Balaban J connectivity index is 1.66. The first kappa shape index (κ1) is 19.1. The first-order valence-electron chi connectivity index (χ1n) is 9.71. The van der Waals surface area contributed by atoms with Crippen molar-refractivity contribution < 1.29 is 13.2 Å². The average Bonchev–Trinajstić information content (AvgIpc) is 3.39. The molecule has 0 aliphatic carbocycles. The summed E-state index contributed by atoms with van der Waals surface area (Å²) in [6.45, 7) is 2.91. The van der Waals surface area contributed by atoms with Crippen molar-refractivity contribution in [2.45, 2.75) is 23.9 Å². The molecule has 28 heavy (non-hydrogen) atoms. The molecule has 0 unspecified atom stereocenters. The third kappa shape index (κ3) is 3.70. The van der Waals surface area contributed by atoms with Crippen LogP contribution in [-0.4, -0.2) is 61.2 Å². The minimum absolute atomic E-state index is 0.0125. The summed E-state index contributed by atoms with van der Waals surface area (Å²) in [5.74, 6) is -0.0125. The molecule has 2 aliphatic rings. The molecule has 2 fully saturated rings. The van der Waals surface area contributed by atoms with Crippen LogP contribution >= 0.6 is 0 Å². The van der Waals surface area contributed by atoms with Crippen LogP contribution in [0, 0.1) is 0 Å².